The summed E-state index contributed by atoms with van der Waals surface area (Å²) >= 11 is 0. The van der Waals surface area contributed by atoms with Crippen molar-refractivity contribution in [3.63, 3.8) is 0 Å². The van der Waals surface area contributed by atoms with Crippen LogP contribution < -0.4 is 16.4 Å². The lowest BCUT2D eigenvalue weighted by Gasteiger charge is -2.16. The predicted molar refractivity (Wildman–Crippen MR) is 113 cm³/mol. The monoisotopic (exact) mass is 332 g/mol. The van der Waals surface area contributed by atoms with Crippen molar-refractivity contribution in [1.82, 2.24) is 0 Å². The van der Waals surface area contributed by atoms with Crippen molar-refractivity contribution in [2.24, 2.45) is 0 Å². The van der Waals surface area contributed by atoms with Crippen molar-refractivity contribution in [3.8, 4) is 0 Å². The summed E-state index contributed by atoms with van der Waals surface area (Å²) in [7, 11) is 0. The molecule has 124 valence electrons. The lowest BCUT2D eigenvalue weighted by Crippen LogP contribution is -2.51. The van der Waals surface area contributed by atoms with Crippen molar-refractivity contribution >= 4 is 23.1 Å². The summed E-state index contributed by atoms with van der Waals surface area (Å²) in [4.78, 5) is 0. The van der Waals surface area contributed by atoms with E-state index in [1.54, 1.807) is 0 Å². The maximum Gasteiger partial charge on any atom is 0.241 e. The summed E-state index contributed by atoms with van der Waals surface area (Å²) < 4.78 is 0. The molecule has 0 saturated heterocycles. The van der Waals surface area contributed by atoms with Gasteiger partial charge in [-0.05, 0) is 17.5 Å². The van der Waals surface area contributed by atoms with E-state index in [9.17, 15) is 0 Å². The van der Waals surface area contributed by atoms with E-state index in [2.05, 4.69) is 115 Å². The highest BCUT2D eigenvalue weighted by Crippen LogP contribution is 2.08. The van der Waals surface area contributed by atoms with Gasteiger partial charge in [-0.1, -0.05) is 132 Å². The first-order valence-corrected chi connectivity index (χ1v) is 9.13. The van der Waals surface area contributed by atoms with E-state index in [1.807, 2.05) is 0 Å². The molecule has 26 heavy (non-hydrogen) atoms. The van der Waals surface area contributed by atoms with Crippen LogP contribution in [0.3, 0.4) is 0 Å². The van der Waals surface area contributed by atoms with Crippen LogP contribution in [0.5, 0.6) is 0 Å². The Labute approximate surface area is 156 Å². The second-order valence-electron chi connectivity index (χ2n) is 6.66. The molecule has 0 heterocycles. The molecule has 0 atom stereocenters. The van der Waals surface area contributed by atoms with Gasteiger partial charge in [0, 0.05) is 0 Å². The SMILES string of the molecule is c1ccc(Cc2ccc(B(c3ccccc3)c3ccccc3)cc2)cc1. The molecular weight excluding hydrogens is 311 g/mol. The van der Waals surface area contributed by atoms with E-state index in [-0.39, 0.29) is 6.71 Å². The van der Waals surface area contributed by atoms with Gasteiger partial charge in [0.25, 0.3) is 0 Å². The van der Waals surface area contributed by atoms with E-state index >= 15 is 0 Å². The minimum atomic E-state index is 0.267. The Morgan fingerprint density at radius 3 is 1.27 bits per heavy atom. The van der Waals surface area contributed by atoms with E-state index in [4.69, 9.17) is 0 Å². The van der Waals surface area contributed by atoms with Crippen LogP contribution in [0.4, 0.5) is 0 Å². The van der Waals surface area contributed by atoms with E-state index in [0.29, 0.717) is 0 Å². The summed E-state index contributed by atoms with van der Waals surface area (Å²) in [6.45, 7) is 0.267. The highest BCUT2D eigenvalue weighted by atomic mass is 14.0. The van der Waals surface area contributed by atoms with Crippen LogP contribution in [0, 0.1) is 0 Å². The fourth-order valence-corrected chi connectivity index (χ4v) is 3.53. The van der Waals surface area contributed by atoms with Gasteiger partial charge in [0.1, 0.15) is 0 Å². The Bertz CT molecular complexity index is 890. The summed E-state index contributed by atoms with van der Waals surface area (Å²) in [6, 6.07) is 41.2. The first-order valence-electron chi connectivity index (χ1n) is 9.13. The first-order chi connectivity index (χ1) is 12.9. The van der Waals surface area contributed by atoms with Gasteiger partial charge in [-0.15, -0.1) is 0 Å². The molecule has 0 bridgehead atoms. The van der Waals surface area contributed by atoms with Crippen LogP contribution in [0.1, 0.15) is 11.1 Å². The Morgan fingerprint density at radius 1 is 0.385 bits per heavy atom. The zero-order valence-electron chi connectivity index (χ0n) is 14.8. The third kappa shape index (κ3) is 3.78. The van der Waals surface area contributed by atoms with Crippen LogP contribution in [0.15, 0.2) is 115 Å². The summed E-state index contributed by atoms with van der Waals surface area (Å²) in [5.41, 5.74) is 6.69. The largest absolute Gasteiger partial charge is 0.241 e. The molecule has 1 heteroatoms. The third-order valence-corrected chi connectivity index (χ3v) is 4.83. The maximum absolute atomic E-state index is 2.28. The minimum absolute atomic E-state index is 0.267. The Morgan fingerprint density at radius 2 is 0.769 bits per heavy atom. The molecule has 0 aliphatic heterocycles. The standard InChI is InChI=1S/C25H21B/c1-4-10-21(11-5-1)20-22-16-18-25(19-17-22)26(23-12-6-2-7-13-23)24-14-8-3-9-15-24/h1-19H,20H2. The number of benzene rings is 4. The van der Waals surface area contributed by atoms with Gasteiger partial charge in [0.2, 0.25) is 6.71 Å². The zero-order chi connectivity index (χ0) is 17.6. The molecule has 0 unspecified atom stereocenters. The van der Waals surface area contributed by atoms with Crippen LogP contribution >= 0.6 is 0 Å². The van der Waals surface area contributed by atoms with E-state index < -0.39 is 0 Å². The molecule has 0 spiro atoms. The Kier molecular flexibility index (Phi) is 4.98. The van der Waals surface area contributed by atoms with Crippen molar-refractivity contribution in [2.75, 3.05) is 0 Å². The van der Waals surface area contributed by atoms with E-state index in [1.165, 1.54) is 27.5 Å². The topological polar surface area (TPSA) is 0 Å². The fraction of sp³-hybridized carbons (Fsp3) is 0.0400. The summed E-state index contributed by atoms with van der Waals surface area (Å²) in [5, 5.41) is 0. The number of hydrogen-bond donors (Lipinski definition) is 0. The van der Waals surface area contributed by atoms with Crippen LogP contribution in [0.25, 0.3) is 0 Å². The zero-order valence-corrected chi connectivity index (χ0v) is 14.8. The number of rotatable bonds is 5. The highest BCUT2D eigenvalue weighted by molar-refractivity contribution is 6.95. The smallest absolute Gasteiger partial charge is 0.0687 e. The molecule has 0 amide bonds. The molecule has 0 aliphatic carbocycles. The molecule has 0 saturated carbocycles. The average Bonchev–Trinajstić information content (AvgIpc) is 2.72. The third-order valence-electron chi connectivity index (χ3n) is 4.83. The molecule has 0 radical (unpaired) electrons. The van der Waals surface area contributed by atoms with Crippen molar-refractivity contribution < 1.29 is 0 Å². The van der Waals surface area contributed by atoms with Gasteiger partial charge in [0.05, 0.1) is 0 Å². The second kappa shape index (κ2) is 7.88. The van der Waals surface area contributed by atoms with Gasteiger partial charge >= 0.3 is 0 Å². The van der Waals surface area contributed by atoms with Crippen LogP contribution in [0.2, 0.25) is 0 Å². The van der Waals surface area contributed by atoms with E-state index in [0.717, 1.165) is 6.42 Å². The lowest BCUT2D eigenvalue weighted by molar-refractivity contribution is 1.20. The predicted octanol–water partition coefficient (Wildman–Crippen LogP) is 3.79. The molecule has 4 aromatic rings. The first kappa shape index (κ1) is 16.4. The van der Waals surface area contributed by atoms with Gasteiger partial charge < -0.3 is 0 Å². The molecule has 0 fully saturated rings. The molecule has 0 aliphatic rings. The van der Waals surface area contributed by atoms with Gasteiger partial charge in [-0.25, -0.2) is 0 Å². The normalized spacial score (nSPS) is 10.5. The van der Waals surface area contributed by atoms with Crippen LogP contribution in [-0.2, 0) is 6.42 Å². The Hall–Kier alpha value is -3.06. The minimum Gasteiger partial charge on any atom is -0.0687 e. The molecule has 4 aromatic carbocycles. The molecule has 4 rings (SSSR count). The quantitative estimate of drug-likeness (QED) is 0.488. The Balaban J connectivity index is 1.66. The second-order valence-corrected chi connectivity index (χ2v) is 6.66. The molecular formula is C25H21B. The maximum atomic E-state index is 2.28. The summed E-state index contributed by atoms with van der Waals surface area (Å²) in [6.07, 6.45) is 0.975. The van der Waals surface area contributed by atoms with Crippen LogP contribution in [-0.4, -0.2) is 6.71 Å². The summed E-state index contributed by atoms with van der Waals surface area (Å²) in [5.74, 6) is 0. The van der Waals surface area contributed by atoms with Crippen molar-refractivity contribution in [1.29, 1.82) is 0 Å². The van der Waals surface area contributed by atoms with Crippen molar-refractivity contribution in [2.45, 2.75) is 6.42 Å². The van der Waals surface area contributed by atoms with Gasteiger partial charge in [0.15, 0.2) is 0 Å². The number of hydrogen-bond acceptors (Lipinski definition) is 0. The van der Waals surface area contributed by atoms with Crippen molar-refractivity contribution in [3.05, 3.63) is 126 Å². The van der Waals surface area contributed by atoms with Gasteiger partial charge in [-0.3, -0.25) is 0 Å². The highest BCUT2D eigenvalue weighted by Gasteiger charge is 2.20. The molecule has 0 aromatic heterocycles. The lowest BCUT2D eigenvalue weighted by atomic mass is 9.37. The average molecular weight is 332 g/mol. The molecule has 0 nitrogen and oxygen atoms in total. The fourth-order valence-electron chi connectivity index (χ4n) is 3.53. The molecule has 0 N–H and O–H groups in total. The van der Waals surface area contributed by atoms with Gasteiger partial charge in [-0.2, -0.15) is 0 Å².